The summed E-state index contributed by atoms with van der Waals surface area (Å²) in [6, 6.07) is 0. The topological polar surface area (TPSA) is 54.9 Å². The molecule has 1 N–H and O–H groups in total. The molecule has 0 aromatic carbocycles. The van der Waals surface area contributed by atoms with E-state index in [2.05, 4.69) is 15.3 Å². The smallest absolute Gasteiger partial charge is 0.228 e. The van der Waals surface area contributed by atoms with Crippen LogP contribution >= 0.6 is 0 Å². The molecule has 0 fully saturated rings. The molecular formula is C9H13N3O. The van der Waals surface area contributed by atoms with Gasteiger partial charge in [0.2, 0.25) is 5.91 Å². The molecule has 1 aromatic heterocycles. The fourth-order valence-electron chi connectivity index (χ4n) is 0.798. The van der Waals surface area contributed by atoms with E-state index < -0.39 is 0 Å². The van der Waals surface area contributed by atoms with Gasteiger partial charge in [-0.05, 0) is 6.42 Å². The lowest BCUT2D eigenvalue weighted by atomic mass is 10.1. The van der Waals surface area contributed by atoms with Gasteiger partial charge >= 0.3 is 0 Å². The SMILES string of the molecule is CC[C@H](C)C(=O)Nc1cnccn1. The Morgan fingerprint density at radius 1 is 1.62 bits per heavy atom. The van der Waals surface area contributed by atoms with Crippen LogP contribution in [-0.2, 0) is 4.79 Å². The summed E-state index contributed by atoms with van der Waals surface area (Å²) in [5.74, 6) is 0.512. The predicted molar refractivity (Wildman–Crippen MR) is 50.1 cm³/mol. The minimum atomic E-state index is -0.0111. The van der Waals surface area contributed by atoms with Crippen molar-refractivity contribution in [2.75, 3.05) is 5.32 Å². The van der Waals surface area contributed by atoms with E-state index in [0.717, 1.165) is 6.42 Å². The van der Waals surface area contributed by atoms with Crippen LogP contribution in [0.4, 0.5) is 5.82 Å². The molecule has 0 spiro atoms. The van der Waals surface area contributed by atoms with Crippen LogP contribution in [0.2, 0.25) is 0 Å². The van der Waals surface area contributed by atoms with Crippen molar-refractivity contribution in [1.82, 2.24) is 9.97 Å². The number of amides is 1. The van der Waals surface area contributed by atoms with E-state index >= 15 is 0 Å². The van der Waals surface area contributed by atoms with E-state index in [1.807, 2.05) is 13.8 Å². The lowest BCUT2D eigenvalue weighted by Crippen LogP contribution is -2.20. The molecular weight excluding hydrogens is 166 g/mol. The highest BCUT2D eigenvalue weighted by Gasteiger charge is 2.10. The van der Waals surface area contributed by atoms with Gasteiger partial charge in [0.05, 0.1) is 6.20 Å². The monoisotopic (exact) mass is 179 g/mol. The van der Waals surface area contributed by atoms with E-state index in [1.54, 1.807) is 12.4 Å². The fourth-order valence-corrected chi connectivity index (χ4v) is 0.798. The molecule has 1 rings (SSSR count). The predicted octanol–water partition coefficient (Wildman–Crippen LogP) is 1.46. The van der Waals surface area contributed by atoms with Gasteiger partial charge in [0.1, 0.15) is 0 Å². The lowest BCUT2D eigenvalue weighted by molar-refractivity contribution is -0.119. The maximum Gasteiger partial charge on any atom is 0.228 e. The van der Waals surface area contributed by atoms with Crippen LogP contribution in [0.1, 0.15) is 20.3 Å². The number of anilines is 1. The highest BCUT2D eigenvalue weighted by Crippen LogP contribution is 2.05. The molecule has 0 bridgehead atoms. The number of hydrogen-bond donors (Lipinski definition) is 1. The standard InChI is InChI=1S/C9H13N3O/c1-3-7(2)9(13)12-8-6-10-4-5-11-8/h4-7H,3H2,1-2H3,(H,11,12,13)/t7-/m0/s1. The molecule has 1 heterocycles. The van der Waals surface area contributed by atoms with E-state index in [0.29, 0.717) is 5.82 Å². The Kier molecular flexibility index (Phi) is 3.37. The molecule has 0 aliphatic heterocycles. The molecule has 0 saturated heterocycles. The highest BCUT2D eigenvalue weighted by molar-refractivity contribution is 5.91. The van der Waals surface area contributed by atoms with Crippen molar-refractivity contribution in [3.63, 3.8) is 0 Å². The second-order valence-corrected chi connectivity index (χ2v) is 2.89. The van der Waals surface area contributed by atoms with Gasteiger partial charge in [-0.25, -0.2) is 4.98 Å². The molecule has 1 amide bonds. The number of hydrogen-bond acceptors (Lipinski definition) is 3. The Morgan fingerprint density at radius 2 is 2.38 bits per heavy atom. The average molecular weight is 179 g/mol. The van der Waals surface area contributed by atoms with Gasteiger partial charge in [0.15, 0.2) is 5.82 Å². The second kappa shape index (κ2) is 4.54. The van der Waals surface area contributed by atoms with Gasteiger partial charge in [-0.15, -0.1) is 0 Å². The van der Waals surface area contributed by atoms with Gasteiger partial charge in [-0.2, -0.15) is 0 Å². The second-order valence-electron chi connectivity index (χ2n) is 2.89. The minimum absolute atomic E-state index is 0.0111. The summed E-state index contributed by atoms with van der Waals surface area (Å²) in [4.78, 5) is 19.2. The van der Waals surface area contributed by atoms with Crippen molar-refractivity contribution < 1.29 is 4.79 Å². The molecule has 13 heavy (non-hydrogen) atoms. The van der Waals surface area contributed by atoms with Crippen LogP contribution in [0, 0.1) is 5.92 Å². The summed E-state index contributed by atoms with van der Waals surface area (Å²) in [6.45, 7) is 3.85. The van der Waals surface area contributed by atoms with Crippen molar-refractivity contribution in [3.8, 4) is 0 Å². The van der Waals surface area contributed by atoms with Gasteiger partial charge < -0.3 is 5.32 Å². The Labute approximate surface area is 77.4 Å². The summed E-state index contributed by atoms with van der Waals surface area (Å²) in [5, 5.41) is 2.68. The lowest BCUT2D eigenvalue weighted by Gasteiger charge is -2.07. The molecule has 4 heteroatoms. The molecule has 4 nitrogen and oxygen atoms in total. The Hall–Kier alpha value is -1.45. The number of carbonyl (C=O) groups is 1. The first kappa shape index (κ1) is 9.64. The first-order valence-electron chi connectivity index (χ1n) is 4.31. The van der Waals surface area contributed by atoms with Crippen LogP contribution in [0.25, 0.3) is 0 Å². The van der Waals surface area contributed by atoms with Gasteiger partial charge in [0, 0.05) is 18.3 Å². The van der Waals surface area contributed by atoms with Crippen molar-refractivity contribution in [1.29, 1.82) is 0 Å². The van der Waals surface area contributed by atoms with Gasteiger partial charge in [-0.1, -0.05) is 13.8 Å². The third kappa shape index (κ3) is 2.82. The molecule has 0 unspecified atom stereocenters. The Morgan fingerprint density at radius 3 is 2.92 bits per heavy atom. The van der Waals surface area contributed by atoms with E-state index in [1.165, 1.54) is 6.20 Å². The van der Waals surface area contributed by atoms with Crippen LogP contribution in [0.15, 0.2) is 18.6 Å². The largest absolute Gasteiger partial charge is 0.309 e. The molecule has 0 radical (unpaired) electrons. The Balaban J connectivity index is 2.55. The third-order valence-electron chi connectivity index (χ3n) is 1.87. The summed E-state index contributed by atoms with van der Waals surface area (Å²) < 4.78 is 0. The molecule has 0 saturated carbocycles. The van der Waals surface area contributed by atoms with Crippen molar-refractivity contribution in [3.05, 3.63) is 18.6 Å². The zero-order valence-corrected chi connectivity index (χ0v) is 7.82. The molecule has 1 atom stereocenters. The molecule has 0 aliphatic carbocycles. The van der Waals surface area contributed by atoms with Crippen molar-refractivity contribution in [2.24, 2.45) is 5.92 Å². The van der Waals surface area contributed by atoms with Crippen molar-refractivity contribution in [2.45, 2.75) is 20.3 Å². The van der Waals surface area contributed by atoms with Gasteiger partial charge in [-0.3, -0.25) is 9.78 Å². The normalized spacial score (nSPS) is 12.2. The number of nitrogens with zero attached hydrogens (tertiary/aromatic N) is 2. The molecule has 70 valence electrons. The van der Waals surface area contributed by atoms with Gasteiger partial charge in [0.25, 0.3) is 0 Å². The summed E-state index contributed by atoms with van der Waals surface area (Å²) in [7, 11) is 0. The zero-order valence-electron chi connectivity index (χ0n) is 7.82. The maximum absolute atomic E-state index is 11.4. The quantitative estimate of drug-likeness (QED) is 0.764. The highest BCUT2D eigenvalue weighted by atomic mass is 16.1. The van der Waals surface area contributed by atoms with Crippen LogP contribution in [-0.4, -0.2) is 15.9 Å². The van der Waals surface area contributed by atoms with Crippen LogP contribution in [0.5, 0.6) is 0 Å². The maximum atomic E-state index is 11.4. The van der Waals surface area contributed by atoms with E-state index in [4.69, 9.17) is 0 Å². The number of nitrogens with one attached hydrogen (secondary N) is 1. The average Bonchev–Trinajstić information content (AvgIpc) is 2.18. The van der Waals surface area contributed by atoms with E-state index in [9.17, 15) is 4.79 Å². The summed E-state index contributed by atoms with van der Waals surface area (Å²) in [6.07, 6.45) is 5.47. The first-order chi connectivity index (χ1) is 6.24. The minimum Gasteiger partial charge on any atom is -0.309 e. The summed E-state index contributed by atoms with van der Waals surface area (Å²) in [5.41, 5.74) is 0. The van der Waals surface area contributed by atoms with E-state index in [-0.39, 0.29) is 11.8 Å². The number of rotatable bonds is 3. The molecule has 0 aliphatic rings. The van der Waals surface area contributed by atoms with Crippen molar-refractivity contribution >= 4 is 11.7 Å². The first-order valence-corrected chi connectivity index (χ1v) is 4.31. The molecule has 1 aromatic rings. The third-order valence-corrected chi connectivity index (χ3v) is 1.87. The zero-order chi connectivity index (χ0) is 9.68. The van der Waals surface area contributed by atoms with Crippen LogP contribution in [0.3, 0.4) is 0 Å². The summed E-state index contributed by atoms with van der Waals surface area (Å²) >= 11 is 0. The van der Waals surface area contributed by atoms with Crippen LogP contribution < -0.4 is 5.32 Å². The Bertz CT molecular complexity index is 273. The number of carbonyl (C=O) groups excluding carboxylic acids is 1. The number of aromatic nitrogens is 2. The fraction of sp³-hybridized carbons (Fsp3) is 0.444.